The summed E-state index contributed by atoms with van der Waals surface area (Å²) in [4.78, 5) is 15.9. The molecule has 0 fully saturated rings. The minimum absolute atomic E-state index is 0.162. The van der Waals surface area contributed by atoms with Crippen LogP contribution in [0.1, 0.15) is 21.5 Å². The smallest absolute Gasteiger partial charge is 0.252 e. The van der Waals surface area contributed by atoms with Crippen molar-refractivity contribution >= 4 is 21.6 Å². The standard InChI is InChI=1S/C17H21N3O3S/c1-13-6-4-8-16(14(13)2)20(24(3,22)23)11-10-19-17(21)15-7-5-9-18-12-15/h4-9,12H,10-11H2,1-3H3,(H,19,21). The highest BCUT2D eigenvalue weighted by Gasteiger charge is 2.19. The van der Waals surface area contributed by atoms with Crippen LogP contribution in [0.2, 0.25) is 0 Å². The molecule has 0 radical (unpaired) electrons. The predicted octanol–water partition coefficient (Wildman–Crippen LogP) is 1.89. The van der Waals surface area contributed by atoms with E-state index in [9.17, 15) is 13.2 Å². The molecule has 1 aromatic carbocycles. The summed E-state index contributed by atoms with van der Waals surface area (Å²) >= 11 is 0. The Bertz CT molecular complexity index is 820. The van der Waals surface area contributed by atoms with E-state index in [-0.39, 0.29) is 19.0 Å². The maximum atomic E-state index is 12.1. The fraction of sp³-hybridized carbons (Fsp3) is 0.294. The van der Waals surface area contributed by atoms with E-state index in [4.69, 9.17) is 0 Å². The van der Waals surface area contributed by atoms with Gasteiger partial charge in [-0.25, -0.2) is 8.42 Å². The van der Waals surface area contributed by atoms with E-state index in [1.807, 2.05) is 26.0 Å². The topological polar surface area (TPSA) is 79.4 Å². The normalized spacial score (nSPS) is 11.1. The first-order valence-corrected chi connectivity index (χ1v) is 9.37. The fourth-order valence-corrected chi connectivity index (χ4v) is 3.32. The zero-order valence-electron chi connectivity index (χ0n) is 14.0. The van der Waals surface area contributed by atoms with Crippen LogP contribution in [0.25, 0.3) is 0 Å². The zero-order valence-corrected chi connectivity index (χ0v) is 14.8. The van der Waals surface area contributed by atoms with Gasteiger partial charge in [-0.15, -0.1) is 0 Å². The molecule has 1 N–H and O–H groups in total. The number of sulfonamides is 1. The van der Waals surface area contributed by atoms with Crippen LogP contribution in [-0.4, -0.2) is 38.7 Å². The summed E-state index contributed by atoms with van der Waals surface area (Å²) in [6, 6.07) is 8.86. The molecule has 0 spiro atoms. The number of rotatable bonds is 6. The Morgan fingerprint density at radius 3 is 2.58 bits per heavy atom. The number of hydrogen-bond acceptors (Lipinski definition) is 4. The van der Waals surface area contributed by atoms with Gasteiger partial charge in [-0.1, -0.05) is 12.1 Å². The molecule has 0 saturated carbocycles. The third-order valence-electron chi connectivity index (χ3n) is 3.77. The van der Waals surface area contributed by atoms with Gasteiger partial charge in [0.15, 0.2) is 0 Å². The van der Waals surface area contributed by atoms with E-state index in [0.29, 0.717) is 11.3 Å². The van der Waals surface area contributed by atoms with Crippen molar-refractivity contribution in [2.45, 2.75) is 13.8 Å². The van der Waals surface area contributed by atoms with Crippen molar-refractivity contribution in [1.29, 1.82) is 0 Å². The molecule has 1 amide bonds. The van der Waals surface area contributed by atoms with E-state index >= 15 is 0 Å². The van der Waals surface area contributed by atoms with Crippen molar-refractivity contribution < 1.29 is 13.2 Å². The lowest BCUT2D eigenvalue weighted by Crippen LogP contribution is -2.38. The highest BCUT2D eigenvalue weighted by atomic mass is 32.2. The molecule has 1 heterocycles. The number of carbonyl (C=O) groups excluding carboxylic acids is 1. The number of amides is 1. The lowest BCUT2D eigenvalue weighted by atomic mass is 10.1. The van der Waals surface area contributed by atoms with Gasteiger partial charge in [-0.05, 0) is 43.2 Å². The van der Waals surface area contributed by atoms with Crippen LogP contribution in [0.5, 0.6) is 0 Å². The van der Waals surface area contributed by atoms with E-state index in [1.165, 1.54) is 10.5 Å². The molecule has 0 aliphatic rings. The molecule has 6 nitrogen and oxygen atoms in total. The van der Waals surface area contributed by atoms with Gasteiger partial charge in [0.25, 0.3) is 5.91 Å². The second-order valence-corrected chi connectivity index (χ2v) is 7.46. The summed E-state index contributed by atoms with van der Waals surface area (Å²) in [7, 11) is -3.45. The molecule has 128 valence electrons. The summed E-state index contributed by atoms with van der Waals surface area (Å²) in [5.41, 5.74) is 2.99. The van der Waals surface area contributed by atoms with Crippen molar-refractivity contribution in [3.8, 4) is 0 Å². The van der Waals surface area contributed by atoms with Gasteiger partial charge in [0.1, 0.15) is 0 Å². The number of carbonyl (C=O) groups is 1. The second kappa shape index (κ2) is 7.44. The highest BCUT2D eigenvalue weighted by Crippen LogP contribution is 2.24. The molecule has 0 atom stereocenters. The monoisotopic (exact) mass is 347 g/mol. The molecule has 2 aromatic rings. The van der Waals surface area contributed by atoms with E-state index in [1.54, 1.807) is 24.4 Å². The zero-order chi connectivity index (χ0) is 17.7. The molecular formula is C17H21N3O3S. The largest absolute Gasteiger partial charge is 0.350 e. The Balaban J connectivity index is 2.11. The minimum Gasteiger partial charge on any atom is -0.350 e. The number of aryl methyl sites for hydroxylation is 1. The molecule has 0 saturated heterocycles. The predicted molar refractivity (Wildman–Crippen MR) is 94.7 cm³/mol. The number of nitrogens with one attached hydrogen (secondary N) is 1. The second-order valence-electron chi connectivity index (χ2n) is 5.55. The minimum atomic E-state index is -3.45. The molecule has 7 heteroatoms. The Labute approximate surface area is 142 Å². The molecule has 0 aliphatic heterocycles. The van der Waals surface area contributed by atoms with Gasteiger partial charge in [0.05, 0.1) is 24.1 Å². The Hall–Kier alpha value is -2.41. The number of benzene rings is 1. The van der Waals surface area contributed by atoms with Gasteiger partial charge >= 0.3 is 0 Å². The number of pyridine rings is 1. The first-order valence-electron chi connectivity index (χ1n) is 7.53. The molecule has 0 bridgehead atoms. The van der Waals surface area contributed by atoms with Gasteiger partial charge in [0, 0.05) is 18.9 Å². The number of nitrogens with zero attached hydrogens (tertiary/aromatic N) is 2. The molecule has 0 unspecified atom stereocenters. The number of anilines is 1. The van der Waals surface area contributed by atoms with E-state index in [0.717, 1.165) is 17.4 Å². The third kappa shape index (κ3) is 4.32. The summed E-state index contributed by atoms with van der Waals surface area (Å²) < 4.78 is 25.6. The average molecular weight is 347 g/mol. The molecule has 1 aromatic heterocycles. The molecule has 24 heavy (non-hydrogen) atoms. The Morgan fingerprint density at radius 2 is 1.96 bits per heavy atom. The summed E-state index contributed by atoms with van der Waals surface area (Å²) in [6.07, 6.45) is 4.22. The summed E-state index contributed by atoms with van der Waals surface area (Å²) in [5.74, 6) is -0.280. The first kappa shape index (κ1) is 17.9. The van der Waals surface area contributed by atoms with Crippen LogP contribution >= 0.6 is 0 Å². The van der Waals surface area contributed by atoms with Crippen molar-refractivity contribution in [2.24, 2.45) is 0 Å². The van der Waals surface area contributed by atoms with Crippen LogP contribution in [0, 0.1) is 13.8 Å². The first-order chi connectivity index (χ1) is 11.3. The fourth-order valence-electron chi connectivity index (χ4n) is 2.34. The maximum absolute atomic E-state index is 12.1. The van der Waals surface area contributed by atoms with E-state index < -0.39 is 10.0 Å². The van der Waals surface area contributed by atoms with E-state index in [2.05, 4.69) is 10.3 Å². The third-order valence-corrected chi connectivity index (χ3v) is 4.95. The SMILES string of the molecule is Cc1cccc(N(CCNC(=O)c2cccnc2)S(C)(=O)=O)c1C. The highest BCUT2D eigenvalue weighted by molar-refractivity contribution is 7.92. The average Bonchev–Trinajstić information content (AvgIpc) is 2.54. The van der Waals surface area contributed by atoms with Crippen LogP contribution in [0.15, 0.2) is 42.7 Å². The summed E-state index contributed by atoms with van der Waals surface area (Å²) in [5, 5.41) is 2.72. The van der Waals surface area contributed by atoms with Gasteiger partial charge in [-0.3, -0.25) is 14.1 Å². The lowest BCUT2D eigenvalue weighted by Gasteiger charge is -2.25. The van der Waals surface area contributed by atoms with Crippen LogP contribution in [0.3, 0.4) is 0 Å². The van der Waals surface area contributed by atoms with Gasteiger partial charge < -0.3 is 5.32 Å². The molecule has 2 rings (SSSR count). The maximum Gasteiger partial charge on any atom is 0.252 e. The van der Waals surface area contributed by atoms with Gasteiger partial charge in [0.2, 0.25) is 10.0 Å². The lowest BCUT2D eigenvalue weighted by molar-refractivity contribution is 0.0954. The van der Waals surface area contributed by atoms with Crippen molar-refractivity contribution in [3.05, 3.63) is 59.4 Å². The van der Waals surface area contributed by atoms with Gasteiger partial charge in [-0.2, -0.15) is 0 Å². The van der Waals surface area contributed by atoms with Crippen LogP contribution < -0.4 is 9.62 Å². The quantitative estimate of drug-likeness (QED) is 0.865. The Morgan fingerprint density at radius 1 is 1.21 bits per heavy atom. The van der Waals surface area contributed by atoms with Crippen molar-refractivity contribution in [3.63, 3.8) is 0 Å². The van der Waals surface area contributed by atoms with Crippen LogP contribution in [-0.2, 0) is 10.0 Å². The van der Waals surface area contributed by atoms with Crippen molar-refractivity contribution in [1.82, 2.24) is 10.3 Å². The summed E-state index contributed by atoms with van der Waals surface area (Å²) in [6.45, 7) is 4.18. The number of hydrogen-bond donors (Lipinski definition) is 1. The van der Waals surface area contributed by atoms with Crippen LogP contribution in [0.4, 0.5) is 5.69 Å². The Kier molecular flexibility index (Phi) is 5.56. The molecule has 0 aliphatic carbocycles. The number of aromatic nitrogens is 1. The van der Waals surface area contributed by atoms with Crippen molar-refractivity contribution in [2.75, 3.05) is 23.7 Å². The molecular weight excluding hydrogens is 326 g/mol.